The Morgan fingerprint density at radius 1 is 1.21 bits per heavy atom. The lowest BCUT2D eigenvalue weighted by Crippen LogP contribution is -2.44. The van der Waals surface area contributed by atoms with E-state index < -0.39 is 10.9 Å². The number of esters is 1. The molecule has 0 aromatic heterocycles. The topological polar surface area (TPSA) is 108 Å². The first kappa shape index (κ1) is 20.6. The number of hydrogen-bond donors (Lipinski definition) is 2. The zero-order valence-electron chi connectivity index (χ0n) is 16.2. The van der Waals surface area contributed by atoms with E-state index in [9.17, 15) is 14.9 Å². The van der Waals surface area contributed by atoms with Crippen molar-refractivity contribution in [1.29, 1.82) is 0 Å². The molecule has 0 saturated carbocycles. The van der Waals surface area contributed by atoms with Crippen LogP contribution in [-0.2, 0) is 4.74 Å². The summed E-state index contributed by atoms with van der Waals surface area (Å²) in [5, 5.41) is 23.3. The summed E-state index contributed by atoms with van der Waals surface area (Å²) in [5.74, 6) is -0.717. The van der Waals surface area contributed by atoms with Crippen LogP contribution in [0.1, 0.15) is 10.4 Å². The standard InChI is InChI=1S/C20H24N4O5/c1-22-7-9-23(10-8-22)17-4-2-3-16(14-17)21-18-6-5-15(13-19(18)24(27)28)20(26)29-12-11-25/h2-6,13-14,21,25H,7-12H2,1H3. The number of benzene rings is 2. The van der Waals surface area contributed by atoms with Gasteiger partial charge in [-0.2, -0.15) is 0 Å². The molecule has 1 aliphatic rings. The van der Waals surface area contributed by atoms with Crippen molar-refractivity contribution in [3.05, 3.63) is 58.1 Å². The van der Waals surface area contributed by atoms with Gasteiger partial charge in [0, 0.05) is 43.6 Å². The number of nitrogens with zero attached hydrogens (tertiary/aromatic N) is 3. The number of aliphatic hydroxyl groups is 1. The van der Waals surface area contributed by atoms with Crippen LogP contribution >= 0.6 is 0 Å². The molecule has 2 aromatic carbocycles. The summed E-state index contributed by atoms with van der Waals surface area (Å²) < 4.78 is 4.82. The fourth-order valence-corrected chi connectivity index (χ4v) is 3.14. The number of nitrogens with one attached hydrogen (secondary N) is 1. The van der Waals surface area contributed by atoms with Gasteiger partial charge in [-0.05, 0) is 37.4 Å². The third kappa shape index (κ3) is 5.21. The summed E-state index contributed by atoms with van der Waals surface area (Å²) in [6, 6.07) is 11.8. The predicted octanol–water partition coefficient (Wildman–Crippen LogP) is 2.24. The molecule has 0 unspecified atom stereocenters. The molecule has 3 rings (SSSR count). The first-order valence-electron chi connectivity index (χ1n) is 9.35. The number of nitro benzene ring substituents is 1. The van der Waals surface area contributed by atoms with E-state index in [0.717, 1.165) is 37.6 Å². The van der Waals surface area contributed by atoms with Gasteiger partial charge in [-0.25, -0.2) is 4.79 Å². The van der Waals surface area contributed by atoms with Gasteiger partial charge in [0.15, 0.2) is 0 Å². The highest BCUT2D eigenvalue weighted by atomic mass is 16.6. The van der Waals surface area contributed by atoms with Gasteiger partial charge in [0.1, 0.15) is 12.3 Å². The van der Waals surface area contributed by atoms with Gasteiger partial charge in [0.2, 0.25) is 0 Å². The number of rotatable bonds is 7. The number of carbonyl (C=O) groups excluding carboxylic acids is 1. The molecule has 154 valence electrons. The van der Waals surface area contributed by atoms with Gasteiger partial charge in [-0.15, -0.1) is 0 Å². The molecule has 2 aromatic rings. The smallest absolute Gasteiger partial charge is 0.338 e. The maximum absolute atomic E-state index is 11.9. The Hall–Kier alpha value is -3.17. The van der Waals surface area contributed by atoms with Crippen molar-refractivity contribution >= 4 is 28.7 Å². The van der Waals surface area contributed by atoms with E-state index in [4.69, 9.17) is 9.84 Å². The molecule has 1 saturated heterocycles. The molecular weight excluding hydrogens is 376 g/mol. The zero-order valence-corrected chi connectivity index (χ0v) is 16.2. The van der Waals surface area contributed by atoms with Crippen LogP contribution in [0.4, 0.5) is 22.7 Å². The molecule has 1 fully saturated rings. The van der Waals surface area contributed by atoms with Crippen molar-refractivity contribution in [3.8, 4) is 0 Å². The minimum atomic E-state index is -0.717. The van der Waals surface area contributed by atoms with Gasteiger partial charge in [-0.1, -0.05) is 6.07 Å². The Labute approximate surface area is 168 Å². The molecule has 0 bridgehead atoms. The van der Waals surface area contributed by atoms with E-state index in [1.165, 1.54) is 18.2 Å². The zero-order chi connectivity index (χ0) is 20.8. The van der Waals surface area contributed by atoms with Gasteiger partial charge in [-0.3, -0.25) is 10.1 Å². The van der Waals surface area contributed by atoms with Gasteiger partial charge < -0.3 is 25.0 Å². The maximum atomic E-state index is 11.9. The summed E-state index contributed by atoms with van der Waals surface area (Å²) >= 11 is 0. The molecule has 0 atom stereocenters. The Kier molecular flexibility index (Phi) is 6.63. The molecule has 0 aliphatic carbocycles. The molecule has 1 aliphatic heterocycles. The van der Waals surface area contributed by atoms with E-state index >= 15 is 0 Å². The Morgan fingerprint density at radius 2 is 1.97 bits per heavy atom. The SMILES string of the molecule is CN1CCN(c2cccc(Nc3ccc(C(=O)OCCO)cc3[N+](=O)[O-])c2)CC1. The summed E-state index contributed by atoms with van der Waals surface area (Å²) in [6.07, 6.45) is 0. The van der Waals surface area contributed by atoms with Crippen LogP contribution in [0.5, 0.6) is 0 Å². The first-order chi connectivity index (χ1) is 14.0. The molecular formula is C20H24N4O5. The summed E-state index contributed by atoms with van der Waals surface area (Å²) in [7, 11) is 2.09. The summed E-state index contributed by atoms with van der Waals surface area (Å²) in [5.41, 5.74) is 1.88. The quantitative estimate of drug-likeness (QED) is 0.414. The molecule has 0 radical (unpaired) electrons. The van der Waals surface area contributed by atoms with Crippen LogP contribution in [0.2, 0.25) is 0 Å². The number of anilines is 3. The highest BCUT2D eigenvalue weighted by Crippen LogP contribution is 2.30. The molecule has 0 spiro atoms. The van der Waals surface area contributed by atoms with Crippen LogP contribution in [0.15, 0.2) is 42.5 Å². The number of carbonyl (C=O) groups is 1. The van der Waals surface area contributed by atoms with Gasteiger partial charge >= 0.3 is 5.97 Å². The third-order valence-electron chi connectivity index (χ3n) is 4.75. The Bertz CT molecular complexity index is 881. The monoisotopic (exact) mass is 400 g/mol. The molecule has 2 N–H and O–H groups in total. The van der Waals surface area contributed by atoms with E-state index in [0.29, 0.717) is 0 Å². The van der Waals surface area contributed by atoms with Gasteiger partial charge in [0.05, 0.1) is 17.1 Å². The lowest BCUT2D eigenvalue weighted by atomic mass is 10.1. The van der Waals surface area contributed by atoms with Crippen molar-refractivity contribution in [2.45, 2.75) is 0 Å². The third-order valence-corrected chi connectivity index (χ3v) is 4.75. The number of likely N-dealkylation sites (N-methyl/N-ethyl adjacent to an activating group) is 1. The van der Waals surface area contributed by atoms with Crippen LogP contribution in [0, 0.1) is 10.1 Å². The molecule has 9 nitrogen and oxygen atoms in total. The van der Waals surface area contributed by atoms with Crippen molar-refractivity contribution < 1.29 is 19.6 Å². The second kappa shape index (κ2) is 9.35. The van der Waals surface area contributed by atoms with Crippen molar-refractivity contribution in [3.63, 3.8) is 0 Å². The molecule has 1 heterocycles. The average Bonchev–Trinajstić information content (AvgIpc) is 2.73. The lowest BCUT2D eigenvalue weighted by molar-refractivity contribution is -0.383. The highest BCUT2D eigenvalue weighted by molar-refractivity contribution is 5.91. The first-order valence-corrected chi connectivity index (χ1v) is 9.35. The van der Waals surface area contributed by atoms with Crippen LogP contribution in [0.3, 0.4) is 0 Å². The Morgan fingerprint density at radius 3 is 2.66 bits per heavy atom. The second-order valence-electron chi connectivity index (χ2n) is 6.81. The minimum Gasteiger partial charge on any atom is -0.460 e. The van der Waals surface area contributed by atoms with Crippen molar-refractivity contribution in [2.24, 2.45) is 0 Å². The summed E-state index contributed by atoms with van der Waals surface area (Å²) in [4.78, 5) is 27.4. The fourth-order valence-electron chi connectivity index (χ4n) is 3.14. The maximum Gasteiger partial charge on any atom is 0.338 e. The number of hydrogen-bond acceptors (Lipinski definition) is 8. The Balaban J connectivity index is 1.79. The highest BCUT2D eigenvalue weighted by Gasteiger charge is 2.19. The number of piperazine rings is 1. The van der Waals surface area contributed by atoms with Gasteiger partial charge in [0.25, 0.3) is 5.69 Å². The molecule has 9 heteroatoms. The van der Waals surface area contributed by atoms with Crippen LogP contribution in [-0.4, -0.2) is 67.3 Å². The van der Waals surface area contributed by atoms with Crippen molar-refractivity contribution in [1.82, 2.24) is 4.90 Å². The van der Waals surface area contributed by atoms with E-state index in [2.05, 4.69) is 22.2 Å². The van der Waals surface area contributed by atoms with E-state index in [1.807, 2.05) is 24.3 Å². The number of nitro groups is 1. The summed E-state index contributed by atoms with van der Waals surface area (Å²) in [6.45, 7) is 3.34. The van der Waals surface area contributed by atoms with E-state index in [1.54, 1.807) is 0 Å². The normalized spacial score (nSPS) is 14.5. The molecule has 0 amide bonds. The molecule has 29 heavy (non-hydrogen) atoms. The minimum absolute atomic E-state index is 0.0573. The predicted molar refractivity (Wildman–Crippen MR) is 110 cm³/mol. The number of aliphatic hydroxyl groups excluding tert-OH is 1. The largest absolute Gasteiger partial charge is 0.460 e. The van der Waals surface area contributed by atoms with E-state index in [-0.39, 0.29) is 30.2 Å². The number of ether oxygens (including phenoxy) is 1. The van der Waals surface area contributed by atoms with Crippen molar-refractivity contribution in [2.75, 3.05) is 56.7 Å². The average molecular weight is 400 g/mol. The lowest BCUT2D eigenvalue weighted by Gasteiger charge is -2.34. The fraction of sp³-hybridized carbons (Fsp3) is 0.350. The van der Waals surface area contributed by atoms with Crippen LogP contribution in [0.25, 0.3) is 0 Å². The van der Waals surface area contributed by atoms with Crippen LogP contribution < -0.4 is 10.2 Å². The second-order valence-corrected chi connectivity index (χ2v) is 6.81.